The van der Waals surface area contributed by atoms with E-state index in [0.717, 1.165) is 37.4 Å². The molecule has 0 spiro atoms. The Morgan fingerprint density at radius 1 is 1.04 bits per heavy atom. The molecule has 4 rings (SSSR count). The predicted octanol–water partition coefficient (Wildman–Crippen LogP) is 3.52. The van der Waals surface area contributed by atoms with E-state index < -0.39 is 0 Å². The summed E-state index contributed by atoms with van der Waals surface area (Å²) < 4.78 is 2.05. The van der Waals surface area contributed by atoms with Crippen LogP contribution in [0, 0.1) is 11.3 Å². The van der Waals surface area contributed by atoms with Crippen LogP contribution < -0.4 is 5.32 Å². The van der Waals surface area contributed by atoms with Gasteiger partial charge in [-0.1, -0.05) is 6.42 Å². The van der Waals surface area contributed by atoms with E-state index in [0.29, 0.717) is 5.56 Å². The molecular formula is C21H27N5. The minimum Gasteiger partial charge on any atom is -0.370 e. The molecule has 0 amide bonds. The molecule has 0 radical (unpaired) electrons. The van der Waals surface area contributed by atoms with E-state index in [1.807, 2.05) is 28.9 Å². The third-order valence-electron chi connectivity index (χ3n) is 5.57. The van der Waals surface area contributed by atoms with Crippen molar-refractivity contribution in [1.29, 1.82) is 5.26 Å². The van der Waals surface area contributed by atoms with Gasteiger partial charge in [0.25, 0.3) is 0 Å². The molecule has 1 aromatic heterocycles. The second kappa shape index (κ2) is 7.92. The summed E-state index contributed by atoms with van der Waals surface area (Å²) >= 11 is 0. The van der Waals surface area contributed by atoms with Crippen LogP contribution in [0.25, 0.3) is 5.69 Å². The van der Waals surface area contributed by atoms with Gasteiger partial charge in [-0.25, -0.2) is 4.68 Å². The molecule has 1 aromatic carbocycles. The molecule has 0 atom stereocenters. The molecule has 3 heterocycles. The number of hydrogen-bond donors (Lipinski definition) is 1. The lowest BCUT2D eigenvalue weighted by Crippen LogP contribution is -2.31. The number of hydrogen-bond acceptors (Lipinski definition) is 4. The molecule has 2 aromatic rings. The second-order valence-electron chi connectivity index (χ2n) is 7.38. The lowest BCUT2D eigenvalue weighted by Gasteiger charge is -2.26. The number of piperidine rings is 1. The Kier molecular flexibility index (Phi) is 5.21. The van der Waals surface area contributed by atoms with Gasteiger partial charge < -0.3 is 10.2 Å². The number of aromatic nitrogens is 2. The molecule has 2 aliphatic heterocycles. The van der Waals surface area contributed by atoms with Crippen molar-refractivity contribution in [2.45, 2.75) is 44.9 Å². The topological polar surface area (TPSA) is 56.9 Å². The van der Waals surface area contributed by atoms with Gasteiger partial charge in [0.05, 0.1) is 23.0 Å². The van der Waals surface area contributed by atoms with E-state index in [1.54, 1.807) is 0 Å². The molecule has 26 heavy (non-hydrogen) atoms. The third kappa shape index (κ3) is 3.61. The number of fused-ring (bicyclic) bond motifs is 1. The second-order valence-corrected chi connectivity index (χ2v) is 7.38. The van der Waals surface area contributed by atoms with Crippen LogP contribution in [-0.4, -0.2) is 40.9 Å². The van der Waals surface area contributed by atoms with E-state index in [4.69, 9.17) is 10.4 Å². The van der Waals surface area contributed by atoms with Crippen LogP contribution in [0.2, 0.25) is 0 Å². The fourth-order valence-electron chi connectivity index (χ4n) is 4.09. The Labute approximate surface area is 155 Å². The van der Waals surface area contributed by atoms with Gasteiger partial charge in [-0.05, 0) is 69.5 Å². The summed E-state index contributed by atoms with van der Waals surface area (Å²) in [6.45, 7) is 4.57. The Morgan fingerprint density at radius 3 is 2.62 bits per heavy atom. The van der Waals surface area contributed by atoms with Crippen molar-refractivity contribution >= 4 is 5.82 Å². The number of benzene rings is 1. The van der Waals surface area contributed by atoms with Crippen molar-refractivity contribution < 1.29 is 0 Å². The number of anilines is 1. The molecule has 1 N–H and O–H groups in total. The molecule has 2 aliphatic rings. The summed E-state index contributed by atoms with van der Waals surface area (Å²) in [6.07, 6.45) is 8.59. The Hall–Kier alpha value is -2.32. The van der Waals surface area contributed by atoms with Crippen molar-refractivity contribution in [3.63, 3.8) is 0 Å². The zero-order valence-corrected chi connectivity index (χ0v) is 15.4. The normalized spacial score (nSPS) is 17.8. The quantitative estimate of drug-likeness (QED) is 0.917. The molecule has 0 bridgehead atoms. The van der Waals surface area contributed by atoms with Crippen LogP contribution in [0.3, 0.4) is 0 Å². The summed E-state index contributed by atoms with van der Waals surface area (Å²) in [6, 6.07) is 9.91. The number of nitrogens with zero attached hydrogens (tertiary/aromatic N) is 4. The lowest BCUT2D eigenvalue weighted by atomic mass is 10.1. The minimum atomic E-state index is 0.685. The first-order chi connectivity index (χ1) is 12.8. The van der Waals surface area contributed by atoms with Crippen LogP contribution in [0.5, 0.6) is 0 Å². The molecule has 5 nitrogen and oxygen atoms in total. The monoisotopic (exact) mass is 349 g/mol. The summed E-state index contributed by atoms with van der Waals surface area (Å²) in [4.78, 5) is 2.58. The summed E-state index contributed by atoms with van der Waals surface area (Å²) in [5.74, 6) is 1.15. The molecular weight excluding hydrogens is 322 g/mol. The third-order valence-corrected chi connectivity index (χ3v) is 5.57. The lowest BCUT2D eigenvalue weighted by molar-refractivity contribution is 0.230. The van der Waals surface area contributed by atoms with E-state index in [1.165, 1.54) is 56.5 Å². The molecule has 1 fully saturated rings. The van der Waals surface area contributed by atoms with Gasteiger partial charge in [0.2, 0.25) is 0 Å². The smallest absolute Gasteiger partial charge is 0.133 e. The van der Waals surface area contributed by atoms with Crippen molar-refractivity contribution in [3.05, 3.63) is 41.1 Å². The summed E-state index contributed by atoms with van der Waals surface area (Å²) in [5.41, 5.74) is 4.34. The van der Waals surface area contributed by atoms with Gasteiger partial charge in [-0.15, -0.1) is 0 Å². The Morgan fingerprint density at radius 2 is 1.85 bits per heavy atom. The van der Waals surface area contributed by atoms with Gasteiger partial charge in [0.1, 0.15) is 5.82 Å². The molecule has 0 unspecified atom stereocenters. The highest BCUT2D eigenvalue weighted by atomic mass is 15.3. The highest BCUT2D eigenvalue weighted by Gasteiger charge is 2.21. The minimum absolute atomic E-state index is 0.685. The van der Waals surface area contributed by atoms with E-state index >= 15 is 0 Å². The average Bonchev–Trinajstić information content (AvgIpc) is 2.87. The molecule has 0 aliphatic carbocycles. The fraction of sp³-hybridized carbons (Fsp3) is 0.524. The number of rotatable bonds is 4. The van der Waals surface area contributed by atoms with Crippen molar-refractivity contribution in [1.82, 2.24) is 14.7 Å². The fourth-order valence-corrected chi connectivity index (χ4v) is 4.09. The van der Waals surface area contributed by atoms with Gasteiger partial charge in [-0.2, -0.15) is 10.4 Å². The van der Waals surface area contributed by atoms with Crippen molar-refractivity contribution in [2.24, 2.45) is 0 Å². The van der Waals surface area contributed by atoms with Crippen LogP contribution >= 0.6 is 0 Å². The van der Waals surface area contributed by atoms with E-state index in [2.05, 4.69) is 16.3 Å². The number of nitrogens with one attached hydrogen (secondary N) is 1. The SMILES string of the molecule is N#Cc1ccc(-n2nc(CCN3CCCCC3)c3c2NCCCC3)cc1. The first-order valence-corrected chi connectivity index (χ1v) is 9.93. The zero-order valence-electron chi connectivity index (χ0n) is 15.4. The largest absolute Gasteiger partial charge is 0.370 e. The number of likely N-dealkylation sites (tertiary alicyclic amines) is 1. The molecule has 0 saturated carbocycles. The highest BCUT2D eigenvalue weighted by molar-refractivity contribution is 5.55. The van der Waals surface area contributed by atoms with E-state index in [-0.39, 0.29) is 0 Å². The maximum atomic E-state index is 9.04. The average molecular weight is 349 g/mol. The number of nitriles is 1. The van der Waals surface area contributed by atoms with Gasteiger partial charge in [0.15, 0.2) is 0 Å². The Balaban J connectivity index is 1.61. The van der Waals surface area contributed by atoms with Gasteiger partial charge in [0, 0.05) is 25.1 Å². The first kappa shape index (κ1) is 17.1. The zero-order chi connectivity index (χ0) is 17.8. The van der Waals surface area contributed by atoms with Crippen LogP contribution in [0.1, 0.15) is 48.9 Å². The molecule has 5 heteroatoms. The maximum Gasteiger partial charge on any atom is 0.133 e. The van der Waals surface area contributed by atoms with Crippen LogP contribution in [-0.2, 0) is 12.8 Å². The van der Waals surface area contributed by atoms with Crippen molar-refractivity contribution in [2.75, 3.05) is 31.5 Å². The molecule has 1 saturated heterocycles. The van der Waals surface area contributed by atoms with Crippen molar-refractivity contribution in [3.8, 4) is 11.8 Å². The standard InChI is InChI=1S/C21H27N5/c22-16-17-7-9-18(10-8-17)26-21-19(6-2-3-12-23-21)20(24-26)11-15-25-13-4-1-5-14-25/h7-10,23H,1-6,11-15H2. The maximum absolute atomic E-state index is 9.04. The van der Waals surface area contributed by atoms with E-state index in [9.17, 15) is 0 Å². The Bertz CT molecular complexity index is 778. The van der Waals surface area contributed by atoms with Crippen LogP contribution in [0.4, 0.5) is 5.82 Å². The van der Waals surface area contributed by atoms with Crippen LogP contribution in [0.15, 0.2) is 24.3 Å². The van der Waals surface area contributed by atoms with Gasteiger partial charge in [-0.3, -0.25) is 0 Å². The molecule has 136 valence electrons. The predicted molar refractivity (Wildman–Crippen MR) is 104 cm³/mol. The summed E-state index contributed by atoms with van der Waals surface area (Å²) in [7, 11) is 0. The van der Waals surface area contributed by atoms with Gasteiger partial charge >= 0.3 is 0 Å². The highest BCUT2D eigenvalue weighted by Crippen LogP contribution is 2.28. The summed E-state index contributed by atoms with van der Waals surface area (Å²) in [5, 5.41) is 17.6. The first-order valence-electron chi connectivity index (χ1n) is 9.93.